The zero-order valence-electron chi connectivity index (χ0n) is 13.7. The van der Waals surface area contributed by atoms with Gasteiger partial charge in [-0.2, -0.15) is 5.26 Å². The second-order valence-electron chi connectivity index (χ2n) is 5.16. The van der Waals surface area contributed by atoms with Crippen molar-refractivity contribution in [3.8, 4) is 6.07 Å². The summed E-state index contributed by atoms with van der Waals surface area (Å²) in [5, 5.41) is 12.0. The van der Waals surface area contributed by atoms with Gasteiger partial charge in [0, 0.05) is 32.7 Å². The van der Waals surface area contributed by atoms with Crippen molar-refractivity contribution in [3.05, 3.63) is 71.0 Å². The lowest BCUT2D eigenvalue weighted by Gasteiger charge is -2.22. The molecule has 0 aliphatic heterocycles. The van der Waals surface area contributed by atoms with E-state index in [1.165, 1.54) is 12.1 Å². The predicted octanol–water partition coefficient (Wildman–Crippen LogP) is 3.52. The molecule has 0 radical (unpaired) electrons. The molecule has 126 valence electrons. The van der Waals surface area contributed by atoms with Gasteiger partial charge in [0.15, 0.2) is 5.96 Å². The molecule has 6 heteroatoms. The second-order valence-corrected chi connectivity index (χ2v) is 5.16. The zero-order chi connectivity index (χ0) is 16.7. The van der Waals surface area contributed by atoms with E-state index in [9.17, 15) is 4.39 Å². The Hall–Kier alpha value is -2.14. The van der Waals surface area contributed by atoms with E-state index in [0.717, 1.165) is 5.56 Å². The molecule has 2 rings (SSSR count). The van der Waals surface area contributed by atoms with Gasteiger partial charge in [0.05, 0.1) is 11.6 Å². The third-order valence-corrected chi connectivity index (χ3v) is 3.45. The average molecular weight is 438 g/mol. The Morgan fingerprint density at radius 2 is 1.96 bits per heavy atom. The van der Waals surface area contributed by atoms with Gasteiger partial charge in [0.1, 0.15) is 5.82 Å². The van der Waals surface area contributed by atoms with Crippen LogP contribution in [0.3, 0.4) is 0 Å². The normalized spacial score (nSPS) is 10.5. The molecule has 0 heterocycles. The van der Waals surface area contributed by atoms with Crippen molar-refractivity contribution in [2.75, 3.05) is 14.1 Å². The van der Waals surface area contributed by atoms with Gasteiger partial charge in [0.2, 0.25) is 0 Å². The molecule has 0 aliphatic carbocycles. The standard InChI is InChI=1S/C18H19FN4.HI/c1-21-18(23(2)13-14-6-4-3-5-7-14)22-12-16-10-15(11-20)8-9-17(16)19;/h3-10H,12-13H2,1-2H3,(H,21,22);1H. The van der Waals surface area contributed by atoms with Crippen molar-refractivity contribution in [2.24, 2.45) is 4.99 Å². The first-order chi connectivity index (χ1) is 11.1. The summed E-state index contributed by atoms with van der Waals surface area (Å²) in [5.74, 6) is 0.327. The fraction of sp³-hybridized carbons (Fsp3) is 0.222. The van der Waals surface area contributed by atoms with Crippen LogP contribution in [0.2, 0.25) is 0 Å². The first-order valence-electron chi connectivity index (χ1n) is 7.28. The van der Waals surface area contributed by atoms with Crippen LogP contribution in [0.1, 0.15) is 16.7 Å². The highest BCUT2D eigenvalue weighted by Crippen LogP contribution is 2.10. The molecule has 2 aromatic carbocycles. The van der Waals surface area contributed by atoms with E-state index in [2.05, 4.69) is 10.3 Å². The summed E-state index contributed by atoms with van der Waals surface area (Å²) >= 11 is 0. The van der Waals surface area contributed by atoms with Gasteiger partial charge in [-0.05, 0) is 23.8 Å². The predicted molar refractivity (Wildman–Crippen MR) is 105 cm³/mol. The lowest BCUT2D eigenvalue weighted by Crippen LogP contribution is -2.38. The number of nitrogens with one attached hydrogen (secondary N) is 1. The van der Waals surface area contributed by atoms with Gasteiger partial charge < -0.3 is 10.2 Å². The third kappa shape index (κ3) is 5.49. The molecular formula is C18H20FIN4. The number of aliphatic imine (C=N–C) groups is 1. The Bertz CT molecular complexity index is 726. The molecule has 0 aliphatic rings. The number of hydrogen-bond donors (Lipinski definition) is 1. The number of guanidine groups is 1. The van der Waals surface area contributed by atoms with Crippen molar-refractivity contribution in [1.29, 1.82) is 5.26 Å². The average Bonchev–Trinajstić information content (AvgIpc) is 2.57. The largest absolute Gasteiger partial charge is 0.352 e. The van der Waals surface area contributed by atoms with Gasteiger partial charge in [-0.25, -0.2) is 4.39 Å². The number of nitrogens with zero attached hydrogens (tertiary/aromatic N) is 3. The highest BCUT2D eigenvalue weighted by Gasteiger charge is 2.09. The van der Waals surface area contributed by atoms with E-state index in [-0.39, 0.29) is 36.3 Å². The molecule has 0 spiro atoms. The first-order valence-corrected chi connectivity index (χ1v) is 7.28. The van der Waals surface area contributed by atoms with Crippen molar-refractivity contribution in [2.45, 2.75) is 13.1 Å². The van der Waals surface area contributed by atoms with E-state index < -0.39 is 0 Å². The molecular weight excluding hydrogens is 418 g/mol. The summed E-state index contributed by atoms with van der Waals surface area (Å²) in [4.78, 5) is 6.18. The molecule has 2 aromatic rings. The van der Waals surface area contributed by atoms with Crippen LogP contribution in [0.15, 0.2) is 53.5 Å². The van der Waals surface area contributed by atoms with E-state index in [0.29, 0.717) is 23.6 Å². The number of hydrogen-bond acceptors (Lipinski definition) is 2. The van der Waals surface area contributed by atoms with Crippen LogP contribution in [0.4, 0.5) is 4.39 Å². The maximum Gasteiger partial charge on any atom is 0.193 e. The van der Waals surface area contributed by atoms with Crippen molar-refractivity contribution >= 4 is 29.9 Å². The fourth-order valence-electron chi connectivity index (χ4n) is 2.27. The molecule has 0 saturated carbocycles. The highest BCUT2D eigenvalue weighted by atomic mass is 127. The third-order valence-electron chi connectivity index (χ3n) is 3.45. The van der Waals surface area contributed by atoms with Gasteiger partial charge in [-0.1, -0.05) is 30.3 Å². The molecule has 1 N–H and O–H groups in total. The van der Waals surface area contributed by atoms with Gasteiger partial charge >= 0.3 is 0 Å². The van der Waals surface area contributed by atoms with Crippen LogP contribution >= 0.6 is 24.0 Å². The Kier molecular flexibility index (Phi) is 8.19. The Labute approximate surface area is 159 Å². The summed E-state index contributed by atoms with van der Waals surface area (Å²) in [6.45, 7) is 0.967. The van der Waals surface area contributed by atoms with E-state index in [4.69, 9.17) is 5.26 Å². The molecule has 0 atom stereocenters. The quantitative estimate of drug-likeness (QED) is 0.452. The monoisotopic (exact) mass is 438 g/mol. The molecule has 0 bridgehead atoms. The molecule has 0 fully saturated rings. The molecule has 0 saturated heterocycles. The van der Waals surface area contributed by atoms with E-state index in [1.54, 1.807) is 13.1 Å². The highest BCUT2D eigenvalue weighted by molar-refractivity contribution is 14.0. The van der Waals surface area contributed by atoms with Crippen LogP contribution < -0.4 is 5.32 Å². The Morgan fingerprint density at radius 3 is 2.58 bits per heavy atom. The van der Waals surface area contributed by atoms with Gasteiger partial charge in [-0.3, -0.25) is 4.99 Å². The first kappa shape index (κ1) is 19.9. The summed E-state index contributed by atoms with van der Waals surface area (Å²) in [6.07, 6.45) is 0. The smallest absolute Gasteiger partial charge is 0.193 e. The van der Waals surface area contributed by atoms with Crippen molar-refractivity contribution in [3.63, 3.8) is 0 Å². The summed E-state index contributed by atoms with van der Waals surface area (Å²) in [5.41, 5.74) is 2.05. The van der Waals surface area contributed by atoms with E-state index in [1.807, 2.05) is 48.3 Å². The second kappa shape index (κ2) is 9.88. The molecule has 0 amide bonds. The van der Waals surface area contributed by atoms with Gasteiger partial charge in [0.25, 0.3) is 0 Å². The van der Waals surface area contributed by atoms with Crippen LogP contribution in [0.25, 0.3) is 0 Å². The van der Waals surface area contributed by atoms with Crippen molar-refractivity contribution < 1.29 is 4.39 Å². The summed E-state index contributed by atoms with van der Waals surface area (Å²) < 4.78 is 13.8. The number of benzene rings is 2. The molecule has 4 nitrogen and oxygen atoms in total. The fourth-order valence-corrected chi connectivity index (χ4v) is 2.27. The number of halogens is 2. The van der Waals surface area contributed by atoms with Crippen LogP contribution in [0.5, 0.6) is 0 Å². The number of nitriles is 1. The number of rotatable bonds is 4. The van der Waals surface area contributed by atoms with Gasteiger partial charge in [-0.15, -0.1) is 24.0 Å². The lowest BCUT2D eigenvalue weighted by molar-refractivity contribution is 0.475. The minimum atomic E-state index is -0.335. The molecule has 24 heavy (non-hydrogen) atoms. The SMILES string of the molecule is CN=C(NCc1cc(C#N)ccc1F)N(C)Cc1ccccc1.I. The van der Waals surface area contributed by atoms with E-state index >= 15 is 0 Å². The Morgan fingerprint density at radius 1 is 1.25 bits per heavy atom. The molecule has 0 aromatic heterocycles. The maximum absolute atomic E-state index is 13.8. The topological polar surface area (TPSA) is 51.4 Å². The lowest BCUT2D eigenvalue weighted by atomic mass is 10.1. The minimum absolute atomic E-state index is 0. The summed E-state index contributed by atoms with van der Waals surface area (Å²) in [7, 11) is 3.61. The van der Waals surface area contributed by atoms with Crippen molar-refractivity contribution in [1.82, 2.24) is 10.2 Å². The molecule has 0 unspecified atom stereocenters. The maximum atomic E-state index is 13.8. The zero-order valence-corrected chi connectivity index (χ0v) is 16.0. The van der Waals surface area contributed by atoms with Crippen LogP contribution in [-0.4, -0.2) is 25.0 Å². The van der Waals surface area contributed by atoms with Crippen LogP contribution in [0, 0.1) is 17.1 Å². The Balaban J connectivity index is 0.00000288. The van der Waals surface area contributed by atoms with Crippen LogP contribution in [-0.2, 0) is 13.1 Å². The minimum Gasteiger partial charge on any atom is -0.352 e. The summed E-state index contributed by atoms with van der Waals surface area (Å²) in [6, 6.07) is 16.4.